The van der Waals surface area contributed by atoms with E-state index in [1.165, 1.54) is 0 Å². The van der Waals surface area contributed by atoms with Crippen molar-refractivity contribution in [3.05, 3.63) is 71.8 Å². The zero-order valence-corrected chi connectivity index (χ0v) is 17.6. The number of carbonyl (C=O) groups excluding carboxylic acids is 3. The van der Waals surface area contributed by atoms with E-state index in [2.05, 4.69) is 10.6 Å². The number of ether oxygens (including phenoxy) is 1. The highest BCUT2D eigenvalue weighted by Gasteiger charge is 2.27. The number of primary amides is 1. The molecule has 2 aromatic carbocycles. The van der Waals surface area contributed by atoms with Crippen LogP contribution in [0.5, 0.6) is 0 Å². The number of nitrogens with two attached hydrogens (primary N) is 1. The minimum atomic E-state index is -0.970. The summed E-state index contributed by atoms with van der Waals surface area (Å²) < 4.78 is 5.25. The molecule has 4 N–H and O–H groups in total. The predicted molar refractivity (Wildman–Crippen MR) is 114 cm³/mol. The molecule has 0 spiro atoms. The van der Waals surface area contributed by atoms with Gasteiger partial charge in [0.05, 0.1) is 6.04 Å². The minimum absolute atomic E-state index is 0.0464. The number of nitrogens with one attached hydrogen (secondary N) is 2. The molecule has 0 fully saturated rings. The summed E-state index contributed by atoms with van der Waals surface area (Å²) in [5.74, 6) is -0.985. The quantitative estimate of drug-likeness (QED) is 0.620. The summed E-state index contributed by atoms with van der Waals surface area (Å²) in [7, 11) is 0. The second-order valence-corrected chi connectivity index (χ2v) is 7.97. The van der Waals surface area contributed by atoms with Crippen LogP contribution in [0.3, 0.4) is 0 Å². The Morgan fingerprint density at radius 2 is 1.40 bits per heavy atom. The Balaban J connectivity index is 2.23. The van der Waals surface area contributed by atoms with Crippen LogP contribution in [0, 0.1) is 0 Å². The van der Waals surface area contributed by atoms with Gasteiger partial charge >= 0.3 is 6.09 Å². The van der Waals surface area contributed by atoms with Crippen molar-refractivity contribution < 1.29 is 19.1 Å². The van der Waals surface area contributed by atoms with E-state index >= 15 is 0 Å². The smallest absolute Gasteiger partial charge is 0.408 e. The summed E-state index contributed by atoms with van der Waals surface area (Å²) in [6.07, 6.45) is -0.713. The molecule has 0 aliphatic heterocycles. The molecular weight excluding hydrogens is 382 g/mol. The molecular formula is C23H29N3O4. The second kappa shape index (κ2) is 10.4. The third kappa shape index (κ3) is 7.58. The topological polar surface area (TPSA) is 111 Å². The Labute approximate surface area is 177 Å². The van der Waals surface area contributed by atoms with E-state index < -0.39 is 35.6 Å². The lowest BCUT2D eigenvalue weighted by atomic mass is 9.98. The summed E-state index contributed by atoms with van der Waals surface area (Å²) in [5.41, 5.74) is 6.31. The summed E-state index contributed by atoms with van der Waals surface area (Å²) in [6.45, 7) is 5.18. The van der Waals surface area contributed by atoms with Gasteiger partial charge in [-0.2, -0.15) is 0 Å². The summed E-state index contributed by atoms with van der Waals surface area (Å²) >= 11 is 0. The molecule has 0 bridgehead atoms. The Bertz CT molecular complexity index is 808. The van der Waals surface area contributed by atoms with E-state index in [9.17, 15) is 14.4 Å². The van der Waals surface area contributed by atoms with Gasteiger partial charge in [0.25, 0.3) is 0 Å². The summed E-state index contributed by atoms with van der Waals surface area (Å²) in [6, 6.07) is 17.6. The Morgan fingerprint density at radius 1 is 0.900 bits per heavy atom. The van der Waals surface area contributed by atoms with Crippen LogP contribution in [-0.2, 0) is 14.3 Å². The molecule has 2 aromatic rings. The van der Waals surface area contributed by atoms with E-state index in [1.807, 2.05) is 60.7 Å². The third-order valence-corrected chi connectivity index (χ3v) is 4.24. The first kappa shape index (κ1) is 22.9. The lowest BCUT2D eigenvalue weighted by Crippen LogP contribution is -2.49. The first-order chi connectivity index (χ1) is 14.2. The van der Waals surface area contributed by atoms with Crippen LogP contribution in [0.1, 0.15) is 50.8 Å². The average Bonchev–Trinajstić information content (AvgIpc) is 2.69. The molecule has 0 radical (unpaired) electrons. The molecule has 160 valence electrons. The van der Waals surface area contributed by atoms with Crippen molar-refractivity contribution in [1.29, 1.82) is 0 Å². The highest BCUT2D eigenvalue weighted by Crippen LogP contribution is 2.22. The van der Waals surface area contributed by atoms with Gasteiger partial charge in [0.15, 0.2) is 0 Å². The summed E-state index contributed by atoms with van der Waals surface area (Å²) in [5, 5.41) is 5.54. The molecule has 7 heteroatoms. The molecule has 30 heavy (non-hydrogen) atoms. The number of amides is 3. The highest BCUT2D eigenvalue weighted by molar-refractivity contribution is 5.87. The first-order valence-electron chi connectivity index (χ1n) is 9.84. The van der Waals surface area contributed by atoms with Crippen molar-refractivity contribution in [2.75, 3.05) is 0 Å². The van der Waals surface area contributed by atoms with Gasteiger partial charge in [-0.15, -0.1) is 0 Å². The van der Waals surface area contributed by atoms with Crippen molar-refractivity contribution in [2.24, 2.45) is 5.73 Å². The molecule has 0 unspecified atom stereocenters. The zero-order chi connectivity index (χ0) is 22.1. The van der Waals surface area contributed by atoms with Crippen LogP contribution < -0.4 is 16.4 Å². The highest BCUT2D eigenvalue weighted by atomic mass is 16.6. The van der Waals surface area contributed by atoms with Crippen LogP contribution in [0.15, 0.2) is 60.7 Å². The van der Waals surface area contributed by atoms with Gasteiger partial charge in [-0.05, 0) is 38.3 Å². The van der Waals surface area contributed by atoms with Gasteiger partial charge in [-0.1, -0.05) is 60.7 Å². The van der Waals surface area contributed by atoms with E-state index in [0.717, 1.165) is 11.1 Å². The molecule has 0 saturated carbocycles. The Kier molecular flexibility index (Phi) is 7.98. The van der Waals surface area contributed by atoms with E-state index in [1.54, 1.807) is 20.8 Å². The number of hydrogen-bond acceptors (Lipinski definition) is 4. The number of benzene rings is 2. The molecule has 7 nitrogen and oxygen atoms in total. The van der Waals surface area contributed by atoms with Gasteiger partial charge < -0.3 is 21.1 Å². The van der Waals surface area contributed by atoms with E-state index in [-0.39, 0.29) is 12.8 Å². The largest absolute Gasteiger partial charge is 0.444 e. The van der Waals surface area contributed by atoms with Crippen LogP contribution in [-0.4, -0.2) is 29.6 Å². The standard InChI is InChI=1S/C23H29N3O4/c1-23(2,3)30-22(29)25-18(14-15-19(24)27)21(28)26-20(16-10-6-4-7-11-16)17-12-8-5-9-13-17/h4-13,18,20H,14-15H2,1-3H3,(H2,24,27)(H,25,29)(H,26,28)/t18-/m0/s1. The van der Waals surface area contributed by atoms with E-state index in [0.29, 0.717) is 0 Å². The van der Waals surface area contributed by atoms with E-state index in [4.69, 9.17) is 10.5 Å². The summed E-state index contributed by atoms with van der Waals surface area (Å²) in [4.78, 5) is 36.5. The van der Waals surface area contributed by atoms with Gasteiger partial charge in [0.2, 0.25) is 11.8 Å². The molecule has 2 rings (SSSR count). The first-order valence-corrected chi connectivity index (χ1v) is 9.84. The van der Waals surface area contributed by atoms with Crippen molar-refractivity contribution in [1.82, 2.24) is 10.6 Å². The number of carbonyl (C=O) groups is 3. The molecule has 0 heterocycles. The SMILES string of the molecule is CC(C)(C)OC(=O)N[C@@H](CCC(N)=O)C(=O)NC(c1ccccc1)c1ccccc1. The fraction of sp³-hybridized carbons (Fsp3) is 0.348. The van der Waals surface area contributed by atoms with Gasteiger partial charge in [0, 0.05) is 6.42 Å². The van der Waals surface area contributed by atoms with Crippen molar-refractivity contribution in [3.63, 3.8) is 0 Å². The second-order valence-electron chi connectivity index (χ2n) is 7.97. The maximum absolute atomic E-state index is 13.1. The average molecular weight is 412 g/mol. The molecule has 0 aliphatic rings. The molecule has 0 aliphatic carbocycles. The van der Waals surface area contributed by atoms with Crippen LogP contribution in [0.4, 0.5) is 4.79 Å². The normalized spacial score (nSPS) is 12.1. The number of rotatable bonds is 8. The lowest BCUT2D eigenvalue weighted by Gasteiger charge is -2.26. The molecule has 0 saturated heterocycles. The maximum atomic E-state index is 13.1. The number of alkyl carbamates (subject to hydrolysis) is 1. The predicted octanol–water partition coefficient (Wildman–Crippen LogP) is 3.05. The molecule has 1 atom stereocenters. The fourth-order valence-corrected chi connectivity index (χ4v) is 2.90. The Morgan fingerprint density at radius 3 is 1.83 bits per heavy atom. The van der Waals surface area contributed by atoms with Gasteiger partial charge in [-0.25, -0.2) is 4.79 Å². The molecule has 0 aromatic heterocycles. The van der Waals surface area contributed by atoms with Crippen molar-refractivity contribution >= 4 is 17.9 Å². The maximum Gasteiger partial charge on any atom is 0.408 e. The zero-order valence-electron chi connectivity index (χ0n) is 17.6. The van der Waals surface area contributed by atoms with Crippen molar-refractivity contribution in [2.45, 2.75) is 51.3 Å². The monoisotopic (exact) mass is 411 g/mol. The van der Waals surface area contributed by atoms with Crippen LogP contribution in [0.2, 0.25) is 0 Å². The van der Waals surface area contributed by atoms with Crippen LogP contribution in [0.25, 0.3) is 0 Å². The third-order valence-electron chi connectivity index (χ3n) is 4.24. The lowest BCUT2D eigenvalue weighted by molar-refractivity contribution is -0.124. The Hall–Kier alpha value is -3.35. The minimum Gasteiger partial charge on any atom is -0.444 e. The van der Waals surface area contributed by atoms with Gasteiger partial charge in [-0.3, -0.25) is 9.59 Å². The van der Waals surface area contributed by atoms with Crippen LogP contribution >= 0.6 is 0 Å². The van der Waals surface area contributed by atoms with Gasteiger partial charge in [0.1, 0.15) is 11.6 Å². The molecule has 3 amide bonds. The fourth-order valence-electron chi connectivity index (χ4n) is 2.90. The number of hydrogen-bond donors (Lipinski definition) is 3. The van der Waals surface area contributed by atoms with Crippen molar-refractivity contribution in [3.8, 4) is 0 Å².